The number of anilines is 2. The molecule has 2 N–H and O–H groups in total. The van der Waals surface area contributed by atoms with Crippen molar-refractivity contribution >= 4 is 40.6 Å². The number of rotatable bonds is 7. The number of benzene rings is 1. The predicted molar refractivity (Wildman–Crippen MR) is 159 cm³/mol. The highest BCUT2D eigenvalue weighted by molar-refractivity contribution is 5.99. The lowest BCUT2D eigenvalue weighted by Crippen LogP contribution is -2.52. The molecule has 1 aliphatic heterocycles. The van der Waals surface area contributed by atoms with Crippen LogP contribution in [0.1, 0.15) is 46.1 Å². The molecule has 3 heterocycles. The van der Waals surface area contributed by atoms with Gasteiger partial charge in [-0.25, -0.2) is 19.6 Å². The van der Waals surface area contributed by atoms with Crippen LogP contribution in [0, 0.1) is 17.2 Å². The molecule has 0 saturated carbocycles. The summed E-state index contributed by atoms with van der Waals surface area (Å²) < 4.78 is 6.69. The van der Waals surface area contributed by atoms with E-state index in [1.807, 2.05) is 69.1 Å². The van der Waals surface area contributed by atoms with E-state index in [0.29, 0.717) is 49.1 Å². The summed E-state index contributed by atoms with van der Waals surface area (Å²) in [4.78, 5) is 50.1. The number of nitriles is 1. The molecule has 222 valence electrons. The van der Waals surface area contributed by atoms with Crippen LogP contribution in [0.5, 0.6) is 0 Å². The van der Waals surface area contributed by atoms with Crippen molar-refractivity contribution in [2.75, 3.05) is 36.9 Å². The summed E-state index contributed by atoms with van der Waals surface area (Å²) in [5.74, 6) is 0.805. The molecule has 2 atom stereocenters. The maximum absolute atomic E-state index is 13.2. The summed E-state index contributed by atoms with van der Waals surface area (Å²) in [5.41, 5.74) is 1.54. The monoisotopic (exact) mass is 574 g/mol. The highest BCUT2D eigenvalue weighted by atomic mass is 16.6. The second kappa shape index (κ2) is 12.9. The zero-order valence-corrected chi connectivity index (χ0v) is 24.8. The van der Waals surface area contributed by atoms with Crippen molar-refractivity contribution in [2.24, 2.45) is 5.92 Å². The fraction of sp³-hybridized carbons (Fsp3) is 0.467. The van der Waals surface area contributed by atoms with Gasteiger partial charge in [-0.05, 0) is 63.3 Å². The maximum atomic E-state index is 13.2. The summed E-state index contributed by atoms with van der Waals surface area (Å²) in [7, 11) is 1.93. The number of ether oxygens (including phenoxy) is 1. The highest BCUT2D eigenvalue weighted by Gasteiger charge is 2.33. The summed E-state index contributed by atoms with van der Waals surface area (Å²) in [6, 6.07) is 10.8. The number of nitrogens with one attached hydrogen (secondary N) is 2. The van der Waals surface area contributed by atoms with Gasteiger partial charge in [0.05, 0.1) is 17.5 Å². The third-order valence-corrected chi connectivity index (χ3v) is 7.30. The smallest absolute Gasteiger partial charge is 0.407 e. The molecule has 0 bridgehead atoms. The Morgan fingerprint density at radius 1 is 1.17 bits per heavy atom. The number of carbonyl (C=O) groups is 3. The van der Waals surface area contributed by atoms with Crippen LogP contribution in [0.25, 0.3) is 11.0 Å². The Morgan fingerprint density at radius 3 is 2.60 bits per heavy atom. The van der Waals surface area contributed by atoms with E-state index in [4.69, 9.17) is 10.00 Å². The molecule has 3 aromatic rings. The first-order chi connectivity index (χ1) is 20.0. The lowest BCUT2D eigenvalue weighted by atomic mass is 9.92. The number of likely N-dealkylation sites (N-methyl/N-ethyl adjacent to an activating group) is 1. The fourth-order valence-electron chi connectivity index (χ4n) is 5.06. The van der Waals surface area contributed by atoms with Crippen molar-refractivity contribution < 1.29 is 19.1 Å². The Labute approximate surface area is 245 Å². The van der Waals surface area contributed by atoms with Crippen molar-refractivity contribution in [2.45, 2.75) is 58.6 Å². The van der Waals surface area contributed by atoms with E-state index < -0.39 is 11.7 Å². The van der Waals surface area contributed by atoms with Gasteiger partial charge in [0, 0.05) is 38.6 Å². The van der Waals surface area contributed by atoms with Gasteiger partial charge in [0.2, 0.25) is 5.91 Å². The first kappa shape index (κ1) is 30.3. The Hall–Kier alpha value is -4.66. The Bertz CT molecular complexity index is 1470. The van der Waals surface area contributed by atoms with Gasteiger partial charge in [-0.15, -0.1) is 0 Å². The van der Waals surface area contributed by atoms with E-state index in [2.05, 4.69) is 27.5 Å². The first-order valence-electron chi connectivity index (χ1n) is 14.0. The van der Waals surface area contributed by atoms with Crippen LogP contribution >= 0.6 is 0 Å². The third-order valence-electron chi connectivity index (χ3n) is 7.30. The molecule has 0 radical (unpaired) electrons. The molecule has 1 aliphatic rings. The number of hydrogen-bond acceptors (Lipinski definition) is 8. The number of alkyl carbamates (subject to hydrolysis) is 1. The molecule has 1 aromatic carbocycles. The predicted octanol–water partition coefficient (Wildman–Crippen LogP) is 4.17. The van der Waals surface area contributed by atoms with Gasteiger partial charge in [0.15, 0.2) is 5.65 Å². The summed E-state index contributed by atoms with van der Waals surface area (Å²) in [5, 5.41) is 15.3. The van der Waals surface area contributed by atoms with E-state index in [-0.39, 0.29) is 24.4 Å². The molecule has 3 amide bonds. The van der Waals surface area contributed by atoms with E-state index in [1.165, 1.54) is 10.9 Å². The molecular weight excluding hydrogens is 536 g/mol. The second-order valence-electron chi connectivity index (χ2n) is 11.5. The molecule has 0 unspecified atom stereocenters. The molecule has 2 aromatic heterocycles. The summed E-state index contributed by atoms with van der Waals surface area (Å²) in [6.45, 7) is 9.15. The van der Waals surface area contributed by atoms with Crippen LogP contribution in [0.2, 0.25) is 0 Å². The number of carbonyl (C=O) groups excluding carboxylic acids is 3. The van der Waals surface area contributed by atoms with E-state index in [0.717, 1.165) is 17.4 Å². The van der Waals surface area contributed by atoms with Gasteiger partial charge in [0.1, 0.15) is 24.2 Å². The van der Waals surface area contributed by atoms with Crippen molar-refractivity contribution in [3.8, 4) is 6.07 Å². The maximum Gasteiger partial charge on any atom is 0.407 e. The minimum Gasteiger partial charge on any atom is -0.444 e. The molecule has 4 rings (SSSR count). The zero-order chi connectivity index (χ0) is 30.4. The van der Waals surface area contributed by atoms with Crippen LogP contribution in [-0.4, -0.2) is 75.8 Å². The average molecular weight is 575 g/mol. The summed E-state index contributed by atoms with van der Waals surface area (Å²) in [6.07, 6.45) is 3.95. The van der Waals surface area contributed by atoms with Gasteiger partial charge in [-0.3, -0.25) is 9.36 Å². The lowest BCUT2D eigenvalue weighted by Gasteiger charge is -2.42. The number of likely N-dealkylation sites (tertiary alicyclic amines) is 1. The number of fused-ring (bicyclic) bond motifs is 1. The highest BCUT2D eigenvalue weighted by Crippen LogP contribution is 2.30. The Morgan fingerprint density at radius 2 is 1.90 bits per heavy atom. The fourth-order valence-corrected chi connectivity index (χ4v) is 5.06. The molecule has 0 aliphatic carbocycles. The van der Waals surface area contributed by atoms with Gasteiger partial charge in [-0.2, -0.15) is 5.26 Å². The first-order valence-corrected chi connectivity index (χ1v) is 14.0. The van der Waals surface area contributed by atoms with Crippen LogP contribution < -0.4 is 15.5 Å². The number of aromatic nitrogens is 3. The van der Waals surface area contributed by atoms with Gasteiger partial charge in [-0.1, -0.05) is 19.1 Å². The number of hydrogen-bond donors (Lipinski definition) is 2. The molecule has 1 fully saturated rings. The SMILES string of the molecule is C[C@@H]1CCN(C(=O)CC#N)C[C@@H]1N(C)c1ncnc2c1ccn2C(=O)Nc1ccc(CCNC(=O)OC(C)(C)C)cc1. The van der Waals surface area contributed by atoms with Crippen molar-refractivity contribution in [3.05, 3.63) is 48.4 Å². The van der Waals surface area contributed by atoms with E-state index in [1.54, 1.807) is 11.1 Å². The normalized spacial score (nSPS) is 16.9. The molecule has 12 heteroatoms. The average Bonchev–Trinajstić information content (AvgIpc) is 3.38. The van der Waals surface area contributed by atoms with Crippen LogP contribution in [0.4, 0.5) is 21.1 Å². The van der Waals surface area contributed by atoms with Crippen LogP contribution in [0.15, 0.2) is 42.9 Å². The van der Waals surface area contributed by atoms with E-state index in [9.17, 15) is 14.4 Å². The minimum absolute atomic E-state index is 0.00507. The minimum atomic E-state index is -0.547. The lowest BCUT2D eigenvalue weighted by molar-refractivity contribution is -0.131. The van der Waals surface area contributed by atoms with Crippen molar-refractivity contribution in [1.29, 1.82) is 5.26 Å². The van der Waals surface area contributed by atoms with Crippen LogP contribution in [-0.2, 0) is 16.0 Å². The summed E-state index contributed by atoms with van der Waals surface area (Å²) >= 11 is 0. The van der Waals surface area contributed by atoms with Gasteiger partial charge in [0.25, 0.3) is 0 Å². The number of nitrogens with zero attached hydrogens (tertiary/aromatic N) is 6. The zero-order valence-electron chi connectivity index (χ0n) is 24.8. The molecule has 42 heavy (non-hydrogen) atoms. The Balaban J connectivity index is 1.41. The largest absolute Gasteiger partial charge is 0.444 e. The van der Waals surface area contributed by atoms with Crippen molar-refractivity contribution in [1.82, 2.24) is 24.8 Å². The third kappa shape index (κ3) is 7.34. The van der Waals surface area contributed by atoms with E-state index >= 15 is 0 Å². The van der Waals surface area contributed by atoms with Crippen LogP contribution in [0.3, 0.4) is 0 Å². The molecule has 12 nitrogen and oxygen atoms in total. The Kier molecular flexibility index (Phi) is 9.30. The molecule has 1 saturated heterocycles. The second-order valence-corrected chi connectivity index (χ2v) is 11.5. The van der Waals surface area contributed by atoms with Gasteiger partial charge < -0.3 is 25.2 Å². The quantitative estimate of drug-likeness (QED) is 0.428. The number of amides is 3. The van der Waals surface area contributed by atoms with Crippen molar-refractivity contribution in [3.63, 3.8) is 0 Å². The molecule has 0 spiro atoms. The topological polar surface area (TPSA) is 145 Å². The van der Waals surface area contributed by atoms with Gasteiger partial charge >= 0.3 is 12.1 Å². The molecular formula is C30H38N8O4. The number of piperidine rings is 1. The standard InChI is InChI=1S/C30H38N8O4/c1-20-12-16-37(25(39)10-14-31)18-24(20)36(5)26-23-13-17-38(27(23)34-19-33-26)28(40)35-22-8-6-21(7-9-22)11-15-32-29(41)42-30(2,3)4/h6-9,13,17,19-20,24H,10-12,15-16,18H2,1-5H3,(H,32,41)(H,35,40)/t20-,24+/m1/s1.